The summed E-state index contributed by atoms with van der Waals surface area (Å²) >= 11 is 0. The molecule has 6 nitrogen and oxygen atoms in total. The maximum atomic E-state index is 10.7. The van der Waals surface area contributed by atoms with Gasteiger partial charge < -0.3 is 9.84 Å². The summed E-state index contributed by atoms with van der Waals surface area (Å²) in [7, 11) is 1.29. The number of esters is 1. The van der Waals surface area contributed by atoms with E-state index in [9.17, 15) is 19.2 Å². The molecular weight excluding hydrogens is 228 g/mol. The fraction of sp³-hybridized carbons (Fsp3) is 0.636. The highest BCUT2D eigenvalue weighted by atomic mass is 16.5. The third-order valence-corrected chi connectivity index (χ3v) is 1.78. The number of carbonyl (C=O) groups is 4. The molecule has 1 N–H and O–H groups in total. The number of carbonyl (C=O) groups excluding carboxylic acids is 3. The van der Waals surface area contributed by atoms with Crippen molar-refractivity contribution in [3.8, 4) is 0 Å². The van der Waals surface area contributed by atoms with Gasteiger partial charge in [0, 0.05) is 0 Å². The molecule has 0 amide bonds. The number of carboxylic acid groups (broad SMARTS) is 1. The fourth-order valence-electron chi connectivity index (χ4n) is 0.975. The van der Waals surface area contributed by atoms with E-state index in [1.54, 1.807) is 6.92 Å². The van der Waals surface area contributed by atoms with Gasteiger partial charge in [-0.1, -0.05) is 6.92 Å². The summed E-state index contributed by atoms with van der Waals surface area (Å²) in [5.74, 6) is -2.51. The zero-order valence-electron chi connectivity index (χ0n) is 10.5. The lowest BCUT2D eigenvalue weighted by molar-refractivity contribution is -0.149. The first kappa shape index (κ1) is 17.7. The van der Waals surface area contributed by atoms with Crippen molar-refractivity contribution in [2.45, 2.75) is 33.6 Å². The van der Waals surface area contributed by atoms with Crippen LogP contribution >= 0.6 is 0 Å². The van der Waals surface area contributed by atoms with Crippen LogP contribution in [0.15, 0.2) is 0 Å². The number of methoxy groups -OCH3 is 1. The van der Waals surface area contributed by atoms with E-state index in [1.165, 1.54) is 21.0 Å². The molecule has 98 valence electrons. The van der Waals surface area contributed by atoms with E-state index in [0.717, 1.165) is 0 Å². The maximum absolute atomic E-state index is 10.7. The molecule has 1 unspecified atom stereocenters. The molecular formula is C11H18O6. The van der Waals surface area contributed by atoms with E-state index in [-0.39, 0.29) is 18.0 Å². The van der Waals surface area contributed by atoms with Gasteiger partial charge in [0.05, 0.1) is 7.11 Å². The van der Waals surface area contributed by atoms with Crippen molar-refractivity contribution in [2.75, 3.05) is 7.11 Å². The van der Waals surface area contributed by atoms with Gasteiger partial charge in [-0.25, -0.2) is 0 Å². The Kier molecular flexibility index (Phi) is 9.88. The molecule has 0 aromatic rings. The quantitative estimate of drug-likeness (QED) is 0.569. The first-order chi connectivity index (χ1) is 7.76. The van der Waals surface area contributed by atoms with E-state index in [0.29, 0.717) is 6.42 Å². The zero-order valence-corrected chi connectivity index (χ0v) is 10.5. The normalized spacial score (nSPS) is 10.6. The number of Topliss-reactive ketones (excluding diaryl/α,β-unsaturated/α-hetero) is 2. The highest BCUT2D eigenvalue weighted by Crippen LogP contribution is 2.05. The molecule has 0 bridgehead atoms. The number of hydrogen-bond donors (Lipinski definition) is 1. The minimum absolute atomic E-state index is 0.130. The minimum Gasteiger partial charge on any atom is -0.481 e. The Balaban J connectivity index is 0. The average molecular weight is 246 g/mol. The fourth-order valence-corrected chi connectivity index (χ4v) is 0.975. The zero-order chi connectivity index (χ0) is 14.0. The van der Waals surface area contributed by atoms with Crippen molar-refractivity contribution >= 4 is 23.5 Å². The third kappa shape index (κ3) is 10.6. The molecule has 0 spiro atoms. The third-order valence-electron chi connectivity index (χ3n) is 1.78. The van der Waals surface area contributed by atoms with Crippen LogP contribution in [0.25, 0.3) is 0 Å². The molecule has 0 saturated carbocycles. The van der Waals surface area contributed by atoms with Crippen molar-refractivity contribution in [1.29, 1.82) is 0 Å². The lowest BCUT2D eigenvalue weighted by atomic mass is 10.0. The second-order valence-corrected chi connectivity index (χ2v) is 3.37. The highest BCUT2D eigenvalue weighted by molar-refractivity contribution is 5.97. The van der Waals surface area contributed by atoms with E-state index in [4.69, 9.17) is 5.11 Å². The highest BCUT2D eigenvalue weighted by Gasteiger charge is 2.20. The van der Waals surface area contributed by atoms with E-state index in [1.807, 2.05) is 0 Å². The summed E-state index contributed by atoms with van der Waals surface area (Å²) in [6.07, 6.45) is 0.155. The van der Waals surface area contributed by atoms with E-state index < -0.39 is 17.9 Å². The molecule has 0 fully saturated rings. The van der Waals surface area contributed by atoms with Gasteiger partial charge in [0.1, 0.15) is 23.9 Å². The smallest absolute Gasteiger partial charge is 0.316 e. The number of aliphatic carboxylic acids is 1. The number of ether oxygens (including phenoxy) is 1. The van der Waals surface area contributed by atoms with Gasteiger partial charge >= 0.3 is 11.9 Å². The predicted molar refractivity (Wildman–Crippen MR) is 59.4 cm³/mol. The van der Waals surface area contributed by atoms with E-state index in [2.05, 4.69) is 4.74 Å². The van der Waals surface area contributed by atoms with Gasteiger partial charge in [-0.3, -0.25) is 19.2 Å². The minimum atomic E-state index is -1.06. The monoisotopic (exact) mass is 246 g/mol. The Hall–Kier alpha value is -1.72. The van der Waals surface area contributed by atoms with Crippen LogP contribution in [0.3, 0.4) is 0 Å². The molecule has 0 saturated heterocycles. The SMILES string of the molecule is CC(=O)CC(=O)O.CCC(C(C)=O)C(=O)OC. The largest absolute Gasteiger partial charge is 0.481 e. The molecule has 0 aliphatic heterocycles. The molecule has 0 heterocycles. The van der Waals surface area contributed by atoms with Crippen LogP contribution in [0.2, 0.25) is 0 Å². The van der Waals surface area contributed by atoms with Crippen molar-refractivity contribution < 1.29 is 29.0 Å². The molecule has 0 aliphatic carbocycles. The van der Waals surface area contributed by atoms with Crippen molar-refractivity contribution in [3.63, 3.8) is 0 Å². The Bertz CT molecular complexity index is 282. The Morgan fingerprint density at radius 2 is 1.65 bits per heavy atom. The number of carboxylic acids is 1. The molecule has 0 rings (SSSR count). The molecule has 17 heavy (non-hydrogen) atoms. The number of ketones is 2. The van der Waals surface area contributed by atoms with Gasteiger partial charge in [0.2, 0.25) is 0 Å². The van der Waals surface area contributed by atoms with Crippen LogP contribution < -0.4 is 0 Å². The Morgan fingerprint density at radius 3 is 1.71 bits per heavy atom. The van der Waals surface area contributed by atoms with Gasteiger partial charge in [-0.05, 0) is 20.3 Å². The molecule has 0 aromatic carbocycles. The van der Waals surface area contributed by atoms with Crippen LogP contribution in [-0.2, 0) is 23.9 Å². The predicted octanol–water partition coefficient (Wildman–Crippen LogP) is 0.825. The van der Waals surface area contributed by atoms with Crippen LogP contribution in [0.4, 0.5) is 0 Å². The maximum Gasteiger partial charge on any atom is 0.316 e. The van der Waals surface area contributed by atoms with Gasteiger partial charge in [0.25, 0.3) is 0 Å². The summed E-state index contributed by atoms with van der Waals surface area (Å²) in [5.41, 5.74) is 0. The first-order valence-electron chi connectivity index (χ1n) is 5.05. The summed E-state index contributed by atoms with van der Waals surface area (Å²) in [6, 6.07) is 0. The summed E-state index contributed by atoms with van der Waals surface area (Å²) in [6.45, 7) is 4.42. The summed E-state index contributed by atoms with van der Waals surface area (Å²) in [4.78, 5) is 40.9. The molecule has 0 aliphatic rings. The van der Waals surface area contributed by atoms with Gasteiger partial charge in [-0.2, -0.15) is 0 Å². The standard InChI is InChI=1S/C7H12O3.C4H6O3/c1-4-6(5(2)8)7(9)10-3;1-3(5)2-4(6)7/h6H,4H2,1-3H3;2H2,1H3,(H,6,7). The Morgan fingerprint density at radius 1 is 1.18 bits per heavy atom. The Labute approximate surface area is 99.9 Å². The molecule has 0 radical (unpaired) electrons. The molecule has 0 aromatic heterocycles. The summed E-state index contributed by atoms with van der Waals surface area (Å²) in [5, 5.41) is 7.86. The summed E-state index contributed by atoms with van der Waals surface area (Å²) < 4.78 is 4.40. The number of rotatable bonds is 5. The van der Waals surface area contributed by atoms with Crippen LogP contribution in [0, 0.1) is 5.92 Å². The second kappa shape index (κ2) is 9.50. The molecule has 1 atom stereocenters. The first-order valence-corrected chi connectivity index (χ1v) is 5.05. The number of hydrogen-bond acceptors (Lipinski definition) is 5. The van der Waals surface area contributed by atoms with Crippen LogP contribution in [-0.4, -0.2) is 35.7 Å². The van der Waals surface area contributed by atoms with Crippen LogP contribution in [0.5, 0.6) is 0 Å². The average Bonchev–Trinajstić information content (AvgIpc) is 2.16. The van der Waals surface area contributed by atoms with Crippen molar-refractivity contribution in [2.24, 2.45) is 5.92 Å². The lowest BCUT2D eigenvalue weighted by Gasteiger charge is -2.06. The van der Waals surface area contributed by atoms with Crippen molar-refractivity contribution in [1.82, 2.24) is 0 Å². The van der Waals surface area contributed by atoms with E-state index >= 15 is 0 Å². The topological polar surface area (TPSA) is 97.7 Å². The van der Waals surface area contributed by atoms with Gasteiger partial charge in [0.15, 0.2) is 0 Å². The van der Waals surface area contributed by atoms with Gasteiger partial charge in [-0.15, -0.1) is 0 Å². The van der Waals surface area contributed by atoms with Crippen LogP contribution in [0.1, 0.15) is 33.6 Å². The lowest BCUT2D eigenvalue weighted by Crippen LogP contribution is -2.22. The van der Waals surface area contributed by atoms with Crippen molar-refractivity contribution in [3.05, 3.63) is 0 Å². The molecule has 6 heteroatoms. The second-order valence-electron chi connectivity index (χ2n) is 3.37.